The van der Waals surface area contributed by atoms with E-state index in [1.807, 2.05) is 0 Å². The van der Waals surface area contributed by atoms with Gasteiger partial charge in [0.05, 0.1) is 0 Å². The van der Waals surface area contributed by atoms with Crippen molar-refractivity contribution in [2.75, 3.05) is 0 Å². The molecule has 0 amide bonds. The Hall–Kier alpha value is -1.38. The van der Waals surface area contributed by atoms with E-state index < -0.39 is 0 Å². The van der Waals surface area contributed by atoms with E-state index in [1.54, 1.807) is 0 Å². The quantitative estimate of drug-likeness (QED) is 0.741. The minimum atomic E-state index is 0.141. The van der Waals surface area contributed by atoms with Crippen molar-refractivity contribution in [3.05, 3.63) is 29.2 Å². The first-order chi connectivity index (χ1) is 6.74. The molecule has 0 unspecified atom stereocenters. The monoisotopic (exact) mass is 195 g/mol. The first kappa shape index (κ1) is 12.6. The highest BCUT2D eigenvalue weighted by atomic mass is 16.3. The van der Waals surface area contributed by atoms with Gasteiger partial charge >= 0.3 is 0 Å². The third-order valence-electron chi connectivity index (χ3n) is 1.66. The Labute approximate surface area is 84.8 Å². The molecule has 0 radical (unpaired) electrons. The lowest BCUT2D eigenvalue weighted by molar-refractivity contribution is 0.475. The zero-order valence-electron chi connectivity index (χ0n) is 8.73. The number of hydrogen-bond donors (Lipinski definition) is 1. The summed E-state index contributed by atoms with van der Waals surface area (Å²) >= 11 is 0. The molecule has 0 aliphatic heterocycles. The van der Waals surface area contributed by atoms with Crippen molar-refractivity contribution in [1.82, 2.24) is 0 Å². The van der Waals surface area contributed by atoms with Gasteiger partial charge in [-0.05, 0) is 29.4 Å². The van der Waals surface area contributed by atoms with Gasteiger partial charge in [-0.2, -0.15) is 0 Å². The summed E-state index contributed by atoms with van der Waals surface area (Å²) in [5.41, 5.74) is 0.327. The summed E-state index contributed by atoms with van der Waals surface area (Å²) in [5.74, 6) is 0.141. The number of unbranched alkanes of at least 4 members (excludes halogenated alkanes) is 2. The van der Waals surface area contributed by atoms with Crippen molar-refractivity contribution >= 4 is 5.69 Å². The molecule has 78 valence electrons. The van der Waals surface area contributed by atoms with Crippen LogP contribution in [0, 0.1) is 4.91 Å². The van der Waals surface area contributed by atoms with Crippen LogP contribution < -0.4 is 0 Å². The number of aromatic hydroxyl groups is 1. The number of nitrogens with zero attached hydrogens (tertiary/aromatic N) is 1. The van der Waals surface area contributed by atoms with Crippen LogP contribution in [-0.4, -0.2) is 5.11 Å². The van der Waals surface area contributed by atoms with Crippen molar-refractivity contribution in [2.45, 2.75) is 33.1 Å². The molecule has 0 atom stereocenters. The van der Waals surface area contributed by atoms with Crippen molar-refractivity contribution in [2.24, 2.45) is 5.18 Å². The molecule has 1 aromatic carbocycles. The number of benzene rings is 1. The Morgan fingerprint density at radius 1 is 1.14 bits per heavy atom. The largest absolute Gasteiger partial charge is 0.508 e. The van der Waals surface area contributed by atoms with Gasteiger partial charge in [0.25, 0.3) is 0 Å². The third-order valence-corrected chi connectivity index (χ3v) is 1.66. The Morgan fingerprint density at radius 3 is 1.93 bits per heavy atom. The van der Waals surface area contributed by atoms with E-state index in [0.717, 1.165) is 0 Å². The van der Waals surface area contributed by atoms with Crippen LogP contribution in [0.5, 0.6) is 5.75 Å². The number of nitroso groups, excluding NO2 is 1. The highest BCUT2D eigenvalue weighted by Crippen LogP contribution is 2.15. The van der Waals surface area contributed by atoms with Crippen LogP contribution in [0.4, 0.5) is 5.69 Å². The summed E-state index contributed by atoms with van der Waals surface area (Å²) in [5, 5.41) is 11.4. The van der Waals surface area contributed by atoms with E-state index in [1.165, 1.54) is 43.5 Å². The van der Waals surface area contributed by atoms with E-state index in [2.05, 4.69) is 19.0 Å². The van der Waals surface area contributed by atoms with Gasteiger partial charge in [0, 0.05) is 0 Å². The lowest BCUT2D eigenvalue weighted by Crippen LogP contribution is -1.61. The molecule has 0 heterocycles. The summed E-state index contributed by atoms with van der Waals surface area (Å²) in [4.78, 5) is 9.79. The molecule has 0 bridgehead atoms. The molecular formula is C11H17NO2. The van der Waals surface area contributed by atoms with E-state index in [9.17, 15) is 4.91 Å². The first-order valence-corrected chi connectivity index (χ1v) is 4.87. The predicted molar refractivity (Wildman–Crippen MR) is 58.8 cm³/mol. The average Bonchev–Trinajstić information content (AvgIpc) is 2.21. The van der Waals surface area contributed by atoms with Gasteiger partial charge in [0.2, 0.25) is 0 Å². The van der Waals surface area contributed by atoms with Gasteiger partial charge in [0.1, 0.15) is 11.4 Å². The lowest BCUT2D eigenvalue weighted by atomic mass is 10.3. The summed E-state index contributed by atoms with van der Waals surface area (Å²) in [6.45, 7) is 4.42. The molecule has 0 saturated heterocycles. The second-order valence-corrected chi connectivity index (χ2v) is 2.96. The smallest absolute Gasteiger partial charge is 0.115 e. The van der Waals surface area contributed by atoms with Crippen LogP contribution in [0.3, 0.4) is 0 Å². The first-order valence-electron chi connectivity index (χ1n) is 4.87. The summed E-state index contributed by atoms with van der Waals surface area (Å²) in [6.07, 6.45) is 4.08. The van der Waals surface area contributed by atoms with Gasteiger partial charge in [-0.25, -0.2) is 0 Å². The molecule has 3 nitrogen and oxygen atoms in total. The van der Waals surface area contributed by atoms with Gasteiger partial charge in [-0.3, -0.25) is 0 Å². The zero-order chi connectivity index (χ0) is 10.8. The second-order valence-electron chi connectivity index (χ2n) is 2.96. The van der Waals surface area contributed by atoms with Crippen molar-refractivity contribution in [3.63, 3.8) is 0 Å². The number of rotatable bonds is 3. The van der Waals surface area contributed by atoms with Crippen LogP contribution in [-0.2, 0) is 0 Å². The summed E-state index contributed by atoms with van der Waals surface area (Å²) in [6, 6.07) is 5.72. The fourth-order valence-electron chi connectivity index (χ4n) is 0.867. The molecule has 0 aliphatic rings. The van der Waals surface area contributed by atoms with Crippen LogP contribution in [0.25, 0.3) is 0 Å². The molecular weight excluding hydrogens is 178 g/mol. The highest BCUT2D eigenvalue weighted by Gasteiger charge is 1.88. The topological polar surface area (TPSA) is 49.7 Å². The summed E-state index contributed by atoms with van der Waals surface area (Å²) < 4.78 is 0. The standard InChI is InChI=1S/C6H5NO2.C5H12/c8-6-3-1-5(7-9)2-4-6;1-3-5-4-2/h1-4,8H;3-5H2,1-2H3. The average molecular weight is 195 g/mol. The molecule has 1 N–H and O–H groups in total. The predicted octanol–water partition coefficient (Wildman–Crippen LogP) is 3.99. The van der Waals surface area contributed by atoms with E-state index in [-0.39, 0.29) is 5.75 Å². The molecule has 0 spiro atoms. The lowest BCUT2D eigenvalue weighted by Gasteiger charge is -1.87. The molecule has 0 aliphatic carbocycles. The van der Waals surface area contributed by atoms with Gasteiger partial charge in [-0.1, -0.05) is 33.1 Å². The van der Waals surface area contributed by atoms with Gasteiger partial charge < -0.3 is 5.11 Å². The molecule has 3 heteroatoms. The van der Waals surface area contributed by atoms with Crippen molar-refractivity contribution < 1.29 is 5.11 Å². The van der Waals surface area contributed by atoms with Crippen LogP contribution in [0.2, 0.25) is 0 Å². The van der Waals surface area contributed by atoms with E-state index in [4.69, 9.17) is 5.11 Å². The minimum absolute atomic E-state index is 0.141. The maximum absolute atomic E-state index is 9.79. The SMILES string of the molecule is CCCCC.O=Nc1ccc(O)cc1. The number of phenolic OH excluding ortho intramolecular Hbond substituents is 1. The Balaban J connectivity index is 0.000000292. The third kappa shape index (κ3) is 6.17. The Morgan fingerprint density at radius 2 is 1.64 bits per heavy atom. The fraction of sp³-hybridized carbons (Fsp3) is 0.455. The molecule has 1 rings (SSSR count). The van der Waals surface area contributed by atoms with Gasteiger partial charge in [0.15, 0.2) is 0 Å². The maximum Gasteiger partial charge on any atom is 0.115 e. The van der Waals surface area contributed by atoms with Gasteiger partial charge in [-0.15, -0.1) is 4.91 Å². The molecule has 0 aromatic heterocycles. The number of hydrogen-bond acceptors (Lipinski definition) is 3. The van der Waals surface area contributed by atoms with Crippen LogP contribution >= 0.6 is 0 Å². The van der Waals surface area contributed by atoms with Crippen molar-refractivity contribution in [1.29, 1.82) is 0 Å². The van der Waals surface area contributed by atoms with Crippen LogP contribution in [0.1, 0.15) is 33.1 Å². The molecule has 14 heavy (non-hydrogen) atoms. The van der Waals surface area contributed by atoms with E-state index >= 15 is 0 Å². The Kier molecular flexibility index (Phi) is 7.42. The minimum Gasteiger partial charge on any atom is -0.508 e. The molecule has 1 aromatic rings. The van der Waals surface area contributed by atoms with Crippen LogP contribution in [0.15, 0.2) is 29.4 Å². The highest BCUT2D eigenvalue weighted by molar-refractivity contribution is 5.40. The normalized spacial score (nSPS) is 8.71. The molecule has 0 fully saturated rings. The second kappa shape index (κ2) is 8.23. The fourth-order valence-corrected chi connectivity index (χ4v) is 0.867. The Bertz CT molecular complexity index is 242. The zero-order valence-corrected chi connectivity index (χ0v) is 8.73. The number of phenols is 1. The van der Waals surface area contributed by atoms with E-state index in [0.29, 0.717) is 5.69 Å². The maximum atomic E-state index is 9.79. The van der Waals surface area contributed by atoms with Crippen molar-refractivity contribution in [3.8, 4) is 5.75 Å². The summed E-state index contributed by atoms with van der Waals surface area (Å²) in [7, 11) is 0. The molecule has 0 saturated carbocycles.